The molecule has 0 aliphatic carbocycles. The van der Waals surface area contributed by atoms with E-state index in [1.807, 2.05) is 18.2 Å². The van der Waals surface area contributed by atoms with Crippen molar-refractivity contribution in [2.75, 3.05) is 6.54 Å². The Morgan fingerprint density at radius 3 is 2.71 bits per heavy atom. The van der Waals surface area contributed by atoms with Gasteiger partial charge < -0.3 is 4.74 Å². The van der Waals surface area contributed by atoms with Gasteiger partial charge in [0.05, 0.1) is 0 Å². The van der Waals surface area contributed by atoms with Crippen LogP contribution < -0.4 is 4.74 Å². The Hall–Kier alpha value is -1.75. The summed E-state index contributed by atoms with van der Waals surface area (Å²) in [6, 6.07) is 8.95. The van der Waals surface area contributed by atoms with Crippen molar-refractivity contribution in [3.05, 3.63) is 43.0 Å². The van der Waals surface area contributed by atoms with Gasteiger partial charge in [-0.1, -0.05) is 24.3 Å². The molecule has 1 atom stereocenters. The zero-order chi connectivity index (χ0) is 12.3. The lowest BCUT2D eigenvalue weighted by atomic mass is 10.3. The van der Waals surface area contributed by atoms with Crippen molar-refractivity contribution in [2.45, 2.75) is 6.23 Å². The van der Waals surface area contributed by atoms with E-state index < -0.39 is 6.23 Å². The molecule has 1 heterocycles. The van der Waals surface area contributed by atoms with Crippen molar-refractivity contribution in [2.24, 2.45) is 0 Å². The normalized spacial score (nSPS) is 19.5. The van der Waals surface area contributed by atoms with Gasteiger partial charge in [-0.05, 0) is 12.1 Å². The summed E-state index contributed by atoms with van der Waals surface area (Å²) in [5.41, 5.74) is 0. The first kappa shape index (κ1) is 11.7. The van der Waals surface area contributed by atoms with E-state index in [0.717, 1.165) is 0 Å². The van der Waals surface area contributed by atoms with Crippen molar-refractivity contribution >= 4 is 22.1 Å². The summed E-state index contributed by atoms with van der Waals surface area (Å²) in [7, 11) is 0. The smallest absolute Gasteiger partial charge is 0.292 e. The molecule has 2 rings (SSSR count). The van der Waals surface area contributed by atoms with E-state index in [1.54, 1.807) is 18.2 Å². The van der Waals surface area contributed by atoms with E-state index in [0.29, 0.717) is 24.1 Å². The number of amides is 1. The van der Waals surface area contributed by atoms with Gasteiger partial charge in [0.1, 0.15) is 5.75 Å². The van der Waals surface area contributed by atoms with Crippen LogP contribution in [0.25, 0.3) is 0 Å². The Morgan fingerprint density at radius 1 is 1.35 bits per heavy atom. The fourth-order valence-electron chi connectivity index (χ4n) is 1.47. The third-order valence-corrected chi connectivity index (χ3v) is 3.04. The molecule has 0 aromatic heterocycles. The second-order valence-electron chi connectivity index (χ2n) is 3.41. The molecule has 1 aromatic carbocycles. The maximum absolute atomic E-state index is 11.6. The number of carbonyl (C=O) groups excluding carboxylic acids is 2. The summed E-state index contributed by atoms with van der Waals surface area (Å²) < 4.78 is 5.51. The van der Waals surface area contributed by atoms with Crippen LogP contribution in [0.4, 0.5) is 4.79 Å². The average molecular weight is 249 g/mol. The standard InChI is InChI=1S/C12H11NO3S/c1-2-8-13-10(11(14)17-12(13)15)16-9-6-4-3-5-7-9/h2-7,10H,1,8H2. The van der Waals surface area contributed by atoms with E-state index in [1.165, 1.54) is 4.90 Å². The van der Waals surface area contributed by atoms with Crippen molar-refractivity contribution in [1.82, 2.24) is 4.90 Å². The van der Waals surface area contributed by atoms with Crippen LogP contribution in [-0.4, -0.2) is 28.0 Å². The second kappa shape index (κ2) is 5.05. The van der Waals surface area contributed by atoms with Crippen LogP contribution in [0.3, 0.4) is 0 Å². The van der Waals surface area contributed by atoms with Gasteiger partial charge in [-0.3, -0.25) is 14.5 Å². The molecule has 1 amide bonds. The summed E-state index contributed by atoms with van der Waals surface area (Å²) in [5, 5.41) is -0.587. The first-order valence-corrected chi connectivity index (χ1v) is 5.89. The van der Waals surface area contributed by atoms with Crippen LogP contribution in [0.1, 0.15) is 0 Å². The number of rotatable bonds is 4. The summed E-state index contributed by atoms with van der Waals surface area (Å²) in [6.45, 7) is 3.86. The van der Waals surface area contributed by atoms with Crippen LogP contribution in [-0.2, 0) is 4.79 Å². The monoisotopic (exact) mass is 249 g/mol. The van der Waals surface area contributed by atoms with Crippen LogP contribution in [0.2, 0.25) is 0 Å². The predicted molar refractivity (Wildman–Crippen MR) is 65.8 cm³/mol. The number of hydrogen-bond donors (Lipinski definition) is 0. The first-order valence-electron chi connectivity index (χ1n) is 5.07. The van der Waals surface area contributed by atoms with E-state index >= 15 is 0 Å². The predicted octanol–water partition coefficient (Wildman–Crippen LogP) is 2.27. The van der Waals surface area contributed by atoms with Gasteiger partial charge in [0.2, 0.25) is 6.23 Å². The van der Waals surface area contributed by atoms with E-state index in [2.05, 4.69) is 6.58 Å². The topological polar surface area (TPSA) is 46.6 Å². The zero-order valence-electron chi connectivity index (χ0n) is 9.04. The Labute approximate surface area is 103 Å². The molecule has 1 saturated heterocycles. The molecule has 5 heteroatoms. The number of nitrogens with zero attached hydrogens (tertiary/aromatic N) is 1. The molecular formula is C12H11NO3S. The number of thioether (sulfide) groups is 1. The maximum Gasteiger partial charge on any atom is 0.292 e. The lowest BCUT2D eigenvalue weighted by Crippen LogP contribution is -2.39. The van der Waals surface area contributed by atoms with Gasteiger partial charge in [-0.2, -0.15) is 0 Å². The number of benzene rings is 1. The maximum atomic E-state index is 11.6. The number of carbonyl (C=O) groups is 2. The van der Waals surface area contributed by atoms with Crippen LogP contribution in [0.5, 0.6) is 5.75 Å². The molecule has 17 heavy (non-hydrogen) atoms. The first-order chi connectivity index (χ1) is 8.22. The lowest BCUT2D eigenvalue weighted by Gasteiger charge is -2.21. The van der Waals surface area contributed by atoms with Crippen molar-refractivity contribution in [1.29, 1.82) is 0 Å². The molecule has 0 N–H and O–H groups in total. The Bertz CT molecular complexity index is 446. The summed E-state index contributed by atoms with van der Waals surface area (Å²) in [5.74, 6) is 0.565. The average Bonchev–Trinajstić information content (AvgIpc) is 2.58. The fraction of sp³-hybridized carbons (Fsp3) is 0.167. The molecule has 1 aliphatic heterocycles. The Morgan fingerprint density at radius 2 is 2.06 bits per heavy atom. The molecule has 1 unspecified atom stereocenters. The summed E-state index contributed by atoms with van der Waals surface area (Å²) in [6.07, 6.45) is 0.714. The highest BCUT2D eigenvalue weighted by molar-refractivity contribution is 8.26. The number of para-hydroxylation sites is 1. The number of ether oxygens (including phenoxy) is 1. The highest BCUT2D eigenvalue weighted by atomic mass is 32.2. The highest BCUT2D eigenvalue weighted by Crippen LogP contribution is 2.27. The van der Waals surface area contributed by atoms with Crippen LogP contribution in [0.15, 0.2) is 43.0 Å². The third-order valence-electron chi connectivity index (χ3n) is 2.22. The van der Waals surface area contributed by atoms with Gasteiger partial charge in [0.15, 0.2) is 0 Å². The molecule has 88 valence electrons. The van der Waals surface area contributed by atoms with Gasteiger partial charge >= 0.3 is 0 Å². The molecular weight excluding hydrogens is 238 g/mol. The third kappa shape index (κ3) is 2.50. The van der Waals surface area contributed by atoms with Crippen molar-refractivity contribution < 1.29 is 14.3 Å². The van der Waals surface area contributed by atoms with Gasteiger partial charge in [0.25, 0.3) is 10.4 Å². The van der Waals surface area contributed by atoms with Crippen LogP contribution >= 0.6 is 11.8 Å². The fourth-order valence-corrected chi connectivity index (χ4v) is 2.20. The van der Waals surface area contributed by atoms with Gasteiger partial charge in [-0.15, -0.1) is 6.58 Å². The quantitative estimate of drug-likeness (QED) is 0.768. The molecule has 1 aliphatic rings. The lowest BCUT2D eigenvalue weighted by molar-refractivity contribution is -0.121. The molecule has 0 spiro atoms. The van der Waals surface area contributed by atoms with Crippen molar-refractivity contribution in [3.63, 3.8) is 0 Å². The van der Waals surface area contributed by atoms with Crippen LogP contribution in [0, 0.1) is 0 Å². The van der Waals surface area contributed by atoms with E-state index in [9.17, 15) is 9.59 Å². The Balaban J connectivity index is 2.15. The van der Waals surface area contributed by atoms with Gasteiger partial charge in [-0.25, -0.2) is 0 Å². The second-order valence-corrected chi connectivity index (χ2v) is 4.37. The minimum atomic E-state index is -0.854. The SMILES string of the molecule is C=CCN1C(=O)SC(=O)C1Oc1ccccc1. The highest BCUT2D eigenvalue weighted by Gasteiger charge is 2.40. The Kier molecular flexibility index (Phi) is 3.49. The molecule has 1 aromatic rings. The minimum absolute atomic E-state index is 0.291. The largest absolute Gasteiger partial charge is 0.462 e. The van der Waals surface area contributed by atoms with Gasteiger partial charge in [0, 0.05) is 18.3 Å². The summed E-state index contributed by atoms with van der Waals surface area (Å²) in [4.78, 5) is 24.5. The zero-order valence-corrected chi connectivity index (χ0v) is 9.85. The van der Waals surface area contributed by atoms with Crippen molar-refractivity contribution in [3.8, 4) is 5.75 Å². The van der Waals surface area contributed by atoms with E-state index in [4.69, 9.17) is 4.74 Å². The molecule has 1 fully saturated rings. The minimum Gasteiger partial charge on any atom is -0.462 e. The molecule has 0 radical (unpaired) electrons. The number of hydrogen-bond acceptors (Lipinski definition) is 4. The molecule has 0 saturated carbocycles. The summed E-state index contributed by atoms with van der Waals surface area (Å²) >= 11 is 0.671. The molecule has 0 bridgehead atoms. The van der Waals surface area contributed by atoms with E-state index in [-0.39, 0.29) is 10.4 Å². The molecule has 4 nitrogen and oxygen atoms in total.